The van der Waals surface area contributed by atoms with E-state index in [1.54, 1.807) is 13.8 Å². The lowest BCUT2D eigenvalue weighted by molar-refractivity contribution is -0.296. The lowest BCUT2D eigenvalue weighted by atomic mass is 10.1. The standard InChI is InChI=1S/C11H25NO3/c1-7-10(12(5)6)11(4,13)15-9(3)14-8-2/h9-10,13H,7-8H2,1-6H3. The molecule has 15 heavy (non-hydrogen) atoms. The minimum absolute atomic E-state index is 0.0413. The summed E-state index contributed by atoms with van der Waals surface area (Å²) in [4.78, 5) is 1.96. The smallest absolute Gasteiger partial charge is 0.181 e. The molecule has 0 aromatic heterocycles. The Kier molecular flexibility index (Phi) is 6.36. The Morgan fingerprint density at radius 2 is 1.87 bits per heavy atom. The molecule has 0 amide bonds. The number of aliphatic hydroxyl groups is 1. The molecule has 0 rings (SSSR count). The van der Waals surface area contributed by atoms with Crippen LogP contribution in [0.3, 0.4) is 0 Å². The van der Waals surface area contributed by atoms with Gasteiger partial charge in [0.15, 0.2) is 12.1 Å². The predicted octanol–water partition coefficient (Wildman–Crippen LogP) is 1.43. The normalized spacial score (nSPS) is 20.0. The van der Waals surface area contributed by atoms with E-state index in [-0.39, 0.29) is 12.3 Å². The zero-order valence-corrected chi connectivity index (χ0v) is 10.8. The molecule has 0 fully saturated rings. The second-order valence-corrected chi connectivity index (χ2v) is 4.08. The maximum absolute atomic E-state index is 10.2. The van der Waals surface area contributed by atoms with Crippen molar-refractivity contribution in [3.8, 4) is 0 Å². The zero-order valence-electron chi connectivity index (χ0n) is 10.8. The highest BCUT2D eigenvalue weighted by molar-refractivity contribution is 4.78. The number of rotatable bonds is 7. The summed E-state index contributed by atoms with van der Waals surface area (Å²) < 4.78 is 10.7. The van der Waals surface area contributed by atoms with Crippen LogP contribution >= 0.6 is 0 Å². The lowest BCUT2D eigenvalue weighted by Crippen LogP contribution is -2.51. The van der Waals surface area contributed by atoms with Gasteiger partial charge < -0.3 is 19.5 Å². The molecular formula is C11H25NO3. The minimum atomic E-state index is -1.19. The monoisotopic (exact) mass is 219 g/mol. The molecule has 92 valence electrons. The fourth-order valence-corrected chi connectivity index (χ4v) is 1.91. The van der Waals surface area contributed by atoms with Crippen molar-refractivity contribution in [3.63, 3.8) is 0 Å². The zero-order chi connectivity index (χ0) is 12.1. The molecule has 3 atom stereocenters. The van der Waals surface area contributed by atoms with Gasteiger partial charge in [-0.05, 0) is 41.3 Å². The van der Waals surface area contributed by atoms with Gasteiger partial charge in [-0.1, -0.05) is 6.92 Å². The van der Waals surface area contributed by atoms with Gasteiger partial charge in [-0.3, -0.25) is 0 Å². The third-order valence-corrected chi connectivity index (χ3v) is 2.43. The highest BCUT2D eigenvalue weighted by Crippen LogP contribution is 2.20. The van der Waals surface area contributed by atoms with Gasteiger partial charge >= 0.3 is 0 Å². The third kappa shape index (κ3) is 4.93. The molecular weight excluding hydrogens is 194 g/mol. The Bertz CT molecular complexity index is 171. The van der Waals surface area contributed by atoms with E-state index in [4.69, 9.17) is 9.47 Å². The second kappa shape index (κ2) is 6.43. The first-order valence-electron chi connectivity index (χ1n) is 5.53. The molecule has 1 N–H and O–H groups in total. The van der Waals surface area contributed by atoms with Crippen LogP contribution < -0.4 is 0 Å². The first kappa shape index (κ1) is 14.8. The van der Waals surface area contributed by atoms with Crippen LogP contribution in [0.1, 0.15) is 34.1 Å². The quantitative estimate of drug-likeness (QED) is 0.658. The maximum atomic E-state index is 10.2. The van der Waals surface area contributed by atoms with Gasteiger partial charge in [-0.25, -0.2) is 0 Å². The molecule has 4 heteroatoms. The Balaban J connectivity index is 4.36. The van der Waals surface area contributed by atoms with Crippen molar-refractivity contribution in [1.29, 1.82) is 0 Å². The van der Waals surface area contributed by atoms with Crippen LogP contribution in [0, 0.1) is 0 Å². The van der Waals surface area contributed by atoms with Crippen LogP contribution in [0.5, 0.6) is 0 Å². The van der Waals surface area contributed by atoms with E-state index in [1.165, 1.54) is 0 Å². The number of nitrogens with zero attached hydrogens (tertiary/aromatic N) is 1. The predicted molar refractivity (Wildman–Crippen MR) is 60.6 cm³/mol. The van der Waals surface area contributed by atoms with E-state index >= 15 is 0 Å². The van der Waals surface area contributed by atoms with Gasteiger partial charge in [0.05, 0.1) is 6.04 Å². The Morgan fingerprint density at radius 3 is 2.20 bits per heavy atom. The number of hydrogen-bond donors (Lipinski definition) is 1. The summed E-state index contributed by atoms with van der Waals surface area (Å²) in [5.41, 5.74) is 0. The maximum Gasteiger partial charge on any atom is 0.181 e. The molecule has 4 nitrogen and oxygen atoms in total. The Labute approximate surface area is 93.2 Å². The topological polar surface area (TPSA) is 41.9 Å². The molecule has 3 unspecified atom stereocenters. The van der Waals surface area contributed by atoms with Crippen molar-refractivity contribution in [1.82, 2.24) is 4.90 Å². The molecule has 0 aliphatic rings. The van der Waals surface area contributed by atoms with Crippen molar-refractivity contribution < 1.29 is 14.6 Å². The van der Waals surface area contributed by atoms with Crippen molar-refractivity contribution in [2.24, 2.45) is 0 Å². The van der Waals surface area contributed by atoms with E-state index in [0.29, 0.717) is 6.61 Å². The number of hydrogen-bond acceptors (Lipinski definition) is 4. The van der Waals surface area contributed by atoms with Gasteiger partial charge in [0.1, 0.15) is 0 Å². The van der Waals surface area contributed by atoms with Crippen molar-refractivity contribution in [2.75, 3.05) is 20.7 Å². The SMILES string of the molecule is CCOC(C)OC(C)(O)C(CC)N(C)C. The summed E-state index contributed by atoms with van der Waals surface area (Å²) in [5, 5.41) is 10.2. The molecule has 0 spiro atoms. The van der Waals surface area contributed by atoms with Crippen LogP contribution in [0.4, 0.5) is 0 Å². The average molecular weight is 219 g/mol. The Morgan fingerprint density at radius 1 is 1.33 bits per heavy atom. The van der Waals surface area contributed by atoms with Crippen molar-refractivity contribution in [2.45, 2.75) is 52.2 Å². The van der Waals surface area contributed by atoms with Gasteiger partial charge in [0.25, 0.3) is 0 Å². The summed E-state index contributed by atoms with van der Waals surface area (Å²) in [6.07, 6.45) is 0.428. The molecule has 0 aromatic carbocycles. The molecule has 0 radical (unpaired) electrons. The van der Waals surface area contributed by atoms with E-state index < -0.39 is 5.79 Å². The fourth-order valence-electron chi connectivity index (χ4n) is 1.91. The van der Waals surface area contributed by atoms with Crippen LogP contribution in [0.25, 0.3) is 0 Å². The molecule has 0 bridgehead atoms. The molecule has 0 aromatic rings. The molecule has 0 aliphatic heterocycles. The average Bonchev–Trinajstić information content (AvgIpc) is 2.02. The number of likely N-dealkylation sites (N-methyl/N-ethyl adjacent to an activating group) is 1. The summed E-state index contributed by atoms with van der Waals surface area (Å²) in [5.74, 6) is -1.19. The van der Waals surface area contributed by atoms with Gasteiger partial charge in [0.2, 0.25) is 0 Å². The fraction of sp³-hybridized carbons (Fsp3) is 1.00. The third-order valence-electron chi connectivity index (χ3n) is 2.43. The molecule has 0 saturated heterocycles. The van der Waals surface area contributed by atoms with E-state index in [0.717, 1.165) is 6.42 Å². The molecule has 0 saturated carbocycles. The lowest BCUT2D eigenvalue weighted by Gasteiger charge is -2.37. The first-order valence-corrected chi connectivity index (χ1v) is 5.53. The largest absolute Gasteiger partial charge is 0.364 e. The summed E-state index contributed by atoms with van der Waals surface area (Å²) in [6.45, 7) is 7.97. The highest BCUT2D eigenvalue weighted by Gasteiger charge is 2.34. The minimum Gasteiger partial charge on any atom is -0.364 e. The van der Waals surface area contributed by atoms with Crippen LogP contribution in [0.2, 0.25) is 0 Å². The molecule has 0 heterocycles. The van der Waals surface area contributed by atoms with E-state index in [2.05, 4.69) is 0 Å². The second-order valence-electron chi connectivity index (χ2n) is 4.08. The van der Waals surface area contributed by atoms with E-state index in [1.807, 2.05) is 32.8 Å². The Hall–Kier alpha value is -0.160. The van der Waals surface area contributed by atoms with Crippen LogP contribution in [-0.4, -0.2) is 48.8 Å². The summed E-state index contributed by atoms with van der Waals surface area (Å²) >= 11 is 0. The summed E-state index contributed by atoms with van der Waals surface area (Å²) in [6, 6.07) is -0.0413. The molecule has 0 aliphatic carbocycles. The van der Waals surface area contributed by atoms with Crippen LogP contribution in [0.15, 0.2) is 0 Å². The summed E-state index contributed by atoms with van der Waals surface area (Å²) in [7, 11) is 3.86. The van der Waals surface area contributed by atoms with Crippen molar-refractivity contribution in [3.05, 3.63) is 0 Å². The van der Waals surface area contributed by atoms with E-state index in [9.17, 15) is 5.11 Å². The van der Waals surface area contributed by atoms with Crippen molar-refractivity contribution >= 4 is 0 Å². The first-order chi connectivity index (χ1) is 6.85. The van der Waals surface area contributed by atoms with Gasteiger partial charge in [-0.2, -0.15) is 0 Å². The van der Waals surface area contributed by atoms with Gasteiger partial charge in [-0.15, -0.1) is 0 Å². The number of ether oxygens (including phenoxy) is 2. The highest BCUT2D eigenvalue weighted by atomic mass is 16.7. The van der Waals surface area contributed by atoms with Crippen LogP contribution in [-0.2, 0) is 9.47 Å². The van der Waals surface area contributed by atoms with Gasteiger partial charge in [0, 0.05) is 6.61 Å².